The number of esters is 1. The average Bonchev–Trinajstić information content (AvgIpc) is 2.58. The molecule has 1 aliphatic heterocycles. The molecule has 16 heavy (non-hydrogen) atoms. The van der Waals surface area contributed by atoms with Crippen LogP contribution >= 0.6 is 0 Å². The van der Waals surface area contributed by atoms with Crippen molar-refractivity contribution in [2.75, 3.05) is 19.7 Å². The maximum absolute atomic E-state index is 11.9. The van der Waals surface area contributed by atoms with Gasteiger partial charge in [-0.2, -0.15) is 0 Å². The van der Waals surface area contributed by atoms with Crippen LogP contribution in [0.15, 0.2) is 0 Å². The van der Waals surface area contributed by atoms with Gasteiger partial charge in [-0.05, 0) is 39.7 Å². The van der Waals surface area contributed by atoms with Crippen LogP contribution in [0.5, 0.6) is 0 Å². The summed E-state index contributed by atoms with van der Waals surface area (Å²) in [6.07, 6.45) is 0.708. The molecule has 1 saturated heterocycles. The van der Waals surface area contributed by atoms with Gasteiger partial charge in [-0.25, -0.2) is 0 Å². The van der Waals surface area contributed by atoms with Crippen molar-refractivity contribution < 1.29 is 14.6 Å². The molecule has 0 aromatic carbocycles. The number of nitrogens with zero attached hydrogens (tertiary/aromatic N) is 1. The Kier molecular flexibility index (Phi) is 4.33. The van der Waals surface area contributed by atoms with E-state index in [2.05, 4.69) is 4.90 Å². The number of ether oxygens (including phenoxy) is 1. The van der Waals surface area contributed by atoms with E-state index in [0.29, 0.717) is 6.42 Å². The predicted octanol–water partition coefficient (Wildman–Crippen LogP) is 1.03. The molecule has 0 aromatic rings. The average molecular weight is 229 g/mol. The van der Waals surface area contributed by atoms with Gasteiger partial charge in [0.1, 0.15) is 11.6 Å². The first-order chi connectivity index (χ1) is 7.37. The third-order valence-corrected chi connectivity index (χ3v) is 2.83. The Morgan fingerprint density at radius 3 is 2.56 bits per heavy atom. The summed E-state index contributed by atoms with van der Waals surface area (Å²) in [5.74, 6) is 0.0442. The van der Waals surface area contributed by atoms with Crippen molar-refractivity contribution in [1.82, 2.24) is 4.90 Å². The lowest BCUT2D eigenvalue weighted by Gasteiger charge is -2.26. The number of aliphatic hydroxyl groups excluding tert-OH is 1. The van der Waals surface area contributed by atoms with Crippen LogP contribution in [-0.4, -0.2) is 47.3 Å². The van der Waals surface area contributed by atoms with Crippen LogP contribution in [0.25, 0.3) is 0 Å². The predicted molar refractivity (Wildman–Crippen MR) is 62.1 cm³/mol. The molecular weight excluding hydrogens is 206 g/mol. The lowest BCUT2D eigenvalue weighted by molar-refractivity contribution is -0.160. The van der Waals surface area contributed by atoms with Gasteiger partial charge in [0, 0.05) is 13.2 Å². The second-order valence-electron chi connectivity index (χ2n) is 5.42. The molecule has 0 bridgehead atoms. The summed E-state index contributed by atoms with van der Waals surface area (Å²) in [5, 5.41) is 9.13. The number of rotatable bonds is 3. The lowest BCUT2D eigenvalue weighted by Crippen LogP contribution is -2.40. The number of hydrogen-bond donors (Lipinski definition) is 1. The van der Waals surface area contributed by atoms with Gasteiger partial charge in [-0.3, -0.25) is 9.69 Å². The molecule has 2 unspecified atom stereocenters. The monoisotopic (exact) mass is 229 g/mol. The van der Waals surface area contributed by atoms with E-state index in [4.69, 9.17) is 9.84 Å². The summed E-state index contributed by atoms with van der Waals surface area (Å²) in [6, 6.07) is -0.179. The first kappa shape index (κ1) is 13.5. The highest BCUT2D eigenvalue weighted by Gasteiger charge is 2.37. The van der Waals surface area contributed by atoms with E-state index in [1.807, 2.05) is 27.7 Å². The van der Waals surface area contributed by atoms with Crippen molar-refractivity contribution in [2.24, 2.45) is 5.92 Å². The van der Waals surface area contributed by atoms with Gasteiger partial charge >= 0.3 is 5.97 Å². The Morgan fingerprint density at radius 2 is 2.12 bits per heavy atom. The molecule has 1 N–H and O–H groups in total. The summed E-state index contributed by atoms with van der Waals surface area (Å²) in [5.41, 5.74) is -0.437. The molecule has 0 spiro atoms. The van der Waals surface area contributed by atoms with E-state index < -0.39 is 5.60 Å². The SMILES string of the molecule is CCN1CC(CO)CC1C(=O)OC(C)(C)C. The zero-order valence-electron chi connectivity index (χ0n) is 10.7. The summed E-state index contributed by atoms with van der Waals surface area (Å²) in [7, 11) is 0. The van der Waals surface area contributed by atoms with Gasteiger partial charge < -0.3 is 9.84 Å². The van der Waals surface area contributed by atoms with Gasteiger partial charge in [0.15, 0.2) is 0 Å². The summed E-state index contributed by atoms with van der Waals surface area (Å²) < 4.78 is 5.38. The molecule has 0 radical (unpaired) electrons. The number of likely N-dealkylation sites (tertiary alicyclic amines) is 1. The maximum Gasteiger partial charge on any atom is 0.323 e. The molecule has 0 aromatic heterocycles. The van der Waals surface area contributed by atoms with Crippen molar-refractivity contribution in [3.05, 3.63) is 0 Å². The van der Waals surface area contributed by atoms with Crippen LogP contribution in [0.4, 0.5) is 0 Å². The van der Waals surface area contributed by atoms with Crippen LogP contribution in [0, 0.1) is 5.92 Å². The van der Waals surface area contributed by atoms with E-state index >= 15 is 0 Å². The van der Waals surface area contributed by atoms with E-state index in [0.717, 1.165) is 13.1 Å². The molecule has 4 heteroatoms. The highest BCUT2D eigenvalue weighted by atomic mass is 16.6. The number of hydrogen-bond acceptors (Lipinski definition) is 4. The molecule has 1 rings (SSSR count). The Balaban J connectivity index is 2.61. The van der Waals surface area contributed by atoms with Crippen LogP contribution in [0.2, 0.25) is 0 Å². The summed E-state index contributed by atoms with van der Waals surface area (Å²) in [6.45, 7) is 9.41. The Labute approximate surface area is 97.6 Å². The normalized spacial score (nSPS) is 27.1. The van der Waals surface area contributed by atoms with Gasteiger partial charge in [-0.1, -0.05) is 6.92 Å². The van der Waals surface area contributed by atoms with Gasteiger partial charge in [-0.15, -0.1) is 0 Å². The molecule has 1 fully saturated rings. The van der Waals surface area contributed by atoms with Gasteiger partial charge in [0.2, 0.25) is 0 Å². The molecule has 0 aliphatic carbocycles. The molecule has 4 nitrogen and oxygen atoms in total. The number of carbonyl (C=O) groups excluding carboxylic acids is 1. The number of carbonyl (C=O) groups is 1. The van der Waals surface area contributed by atoms with Crippen molar-refractivity contribution in [1.29, 1.82) is 0 Å². The van der Waals surface area contributed by atoms with Crippen LogP contribution < -0.4 is 0 Å². The van der Waals surface area contributed by atoms with Crippen LogP contribution in [-0.2, 0) is 9.53 Å². The second-order valence-corrected chi connectivity index (χ2v) is 5.42. The van der Waals surface area contributed by atoms with Crippen LogP contribution in [0.1, 0.15) is 34.1 Å². The fourth-order valence-corrected chi connectivity index (χ4v) is 2.10. The Hall–Kier alpha value is -0.610. The van der Waals surface area contributed by atoms with Crippen molar-refractivity contribution >= 4 is 5.97 Å². The van der Waals surface area contributed by atoms with Crippen molar-refractivity contribution in [3.63, 3.8) is 0 Å². The smallest absolute Gasteiger partial charge is 0.323 e. The quantitative estimate of drug-likeness (QED) is 0.734. The number of aliphatic hydroxyl groups is 1. The molecule has 0 amide bonds. The topological polar surface area (TPSA) is 49.8 Å². The molecule has 94 valence electrons. The fourth-order valence-electron chi connectivity index (χ4n) is 2.10. The van der Waals surface area contributed by atoms with Gasteiger partial charge in [0.25, 0.3) is 0 Å². The first-order valence-corrected chi connectivity index (χ1v) is 5.95. The van der Waals surface area contributed by atoms with E-state index in [1.54, 1.807) is 0 Å². The highest BCUT2D eigenvalue weighted by Crippen LogP contribution is 2.24. The minimum atomic E-state index is -0.437. The highest BCUT2D eigenvalue weighted by molar-refractivity contribution is 5.76. The second kappa shape index (κ2) is 5.15. The molecule has 0 saturated carbocycles. The number of likely N-dealkylation sites (N-methyl/N-ethyl adjacent to an activating group) is 1. The third kappa shape index (κ3) is 3.46. The molecule has 1 heterocycles. The fraction of sp³-hybridized carbons (Fsp3) is 0.917. The summed E-state index contributed by atoms with van der Waals surface area (Å²) in [4.78, 5) is 14.0. The first-order valence-electron chi connectivity index (χ1n) is 5.95. The standard InChI is InChI=1S/C12H23NO3/c1-5-13-7-9(8-14)6-10(13)11(15)16-12(2,3)4/h9-10,14H,5-8H2,1-4H3. The molecule has 2 atom stereocenters. The zero-order chi connectivity index (χ0) is 12.3. The molecular formula is C12H23NO3. The van der Waals surface area contributed by atoms with Crippen molar-refractivity contribution in [2.45, 2.75) is 45.8 Å². The summed E-state index contributed by atoms with van der Waals surface area (Å²) >= 11 is 0. The largest absolute Gasteiger partial charge is 0.459 e. The van der Waals surface area contributed by atoms with Crippen LogP contribution in [0.3, 0.4) is 0 Å². The zero-order valence-corrected chi connectivity index (χ0v) is 10.7. The Morgan fingerprint density at radius 1 is 1.50 bits per heavy atom. The van der Waals surface area contributed by atoms with E-state index in [9.17, 15) is 4.79 Å². The maximum atomic E-state index is 11.9. The van der Waals surface area contributed by atoms with E-state index in [-0.39, 0.29) is 24.5 Å². The third-order valence-electron chi connectivity index (χ3n) is 2.83. The minimum Gasteiger partial charge on any atom is -0.459 e. The minimum absolute atomic E-state index is 0.149. The molecule has 1 aliphatic rings. The lowest BCUT2D eigenvalue weighted by atomic mass is 10.1. The van der Waals surface area contributed by atoms with Crippen molar-refractivity contribution in [3.8, 4) is 0 Å². The van der Waals surface area contributed by atoms with Gasteiger partial charge in [0.05, 0.1) is 0 Å². The Bertz CT molecular complexity index is 247. The van der Waals surface area contributed by atoms with E-state index in [1.165, 1.54) is 0 Å².